The lowest BCUT2D eigenvalue weighted by atomic mass is 9.99. The fourth-order valence-corrected chi connectivity index (χ4v) is 2.07. The fraction of sp³-hybridized carbons (Fsp3) is 0.833. The summed E-state index contributed by atoms with van der Waals surface area (Å²) in [6.07, 6.45) is 1.89. The van der Waals surface area contributed by atoms with Gasteiger partial charge in [-0.15, -0.1) is 0 Å². The number of likely N-dealkylation sites (N-methyl/N-ethyl adjacent to an activating group) is 1. The van der Waals surface area contributed by atoms with Crippen LogP contribution in [0.1, 0.15) is 33.6 Å². The van der Waals surface area contributed by atoms with Gasteiger partial charge in [0.2, 0.25) is 11.8 Å². The van der Waals surface area contributed by atoms with Crippen LogP contribution in [-0.4, -0.2) is 48.4 Å². The van der Waals surface area contributed by atoms with E-state index in [1.54, 1.807) is 7.05 Å². The van der Waals surface area contributed by atoms with Gasteiger partial charge in [0.05, 0.1) is 5.54 Å². The van der Waals surface area contributed by atoms with Crippen LogP contribution in [0.25, 0.3) is 0 Å². The number of likely N-dealkylation sites (tertiary alicyclic amines) is 1. The maximum absolute atomic E-state index is 12.2. The molecule has 98 valence electrons. The number of carbonyl (C=O) groups excluding carboxylic acids is 2. The van der Waals surface area contributed by atoms with Crippen LogP contribution in [-0.2, 0) is 9.59 Å². The average Bonchev–Trinajstić information content (AvgIpc) is 2.27. The first-order valence-electron chi connectivity index (χ1n) is 6.12. The summed E-state index contributed by atoms with van der Waals surface area (Å²) in [4.78, 5) is 25.1. The number of hydrogen-bond acceptors (Lipinski definition) is 3. The molecule has 0 aromatic heterocycles. The number of piperidine rings is 1. The van der Waals surface area contributed by atoms with Crippen LogP contribution in [0.3, 0.4) is 0 Å². The molecular weight excluding hydrogens is 218 g/mol. The summed E-state index contributed by atoms with van der Waals surface area (Å²) in [5, 5.41) is 5.90. The smallest absolute Gasteiger partial charge is 0.242 e. The first-order valence-corrected chi connectivity index (χ1v) is 6.12. The van der Waals surface area contributed by atoms with Gasteiger partial charge in [-0.2, -0.15) is 0 Å². The zero-order valence-corrected chi connectivity index (χ0v) is 11.2. The Morgan fingerprint density at radius 2 is 2.00 bits per heavy atom. The summed E-state index contributed by atoms with van der Waals surface area (Å²) in [6.45, 7) is 6.65. The first kappa shape index (κ1) is 14.0. The van der Waals surface area contributed by atoms with E-state index in [2.05, 4.69) is 10.6 Å². The molecule has 0 aromatic rings. The Hall–Kier alpha value is -1.10. The van der Waals surface area contributed by atoms with Crippen LogP contribution in [0.5, 0.6) is 0 Å². The van der Waals surface area contributed by atoms with Gasteiger partial charge in [0.15, 0.2) is 0 Å². The summed E-state index contributed by atoms with van der Waals surface area (Å²) < 4.78 is 0. The Morgan fingerprint density at radius 1 is 1.35 bits per heavy atom. The van der Waals surface area contributed by atoms with Crippen molar-refractivity contribution in [1.82, 2.24) is 15.5 Å². The van der Waals surface area contributed by atoms with E-state index in [0.29, 0.717) is 6.54 Å². The van der Waals surface area contributed by atoms with E-state index in [-0.39, 0.29) is 17.9 Å². The largest absolute Gasteiger partial charge is 0.352 e. The molecule has 2 amide bonds. The Bertz CT molecular complexity index is 302. The summed E-state index contributed by atoms with van der Waals surface area (Å²) in [5.41, 5.74) is -0.544. The molecule has 1 rings (SSSR count). The van der Waals surface area contributed by atoms with Gasteiger partial charge >= 0.3 is 0 Å². The van der Waals surface area contributed by atoms with E-state index in [4.69, 9.17) is 0 Å². The number of nitrogens with zero attached hydrogens (tertiary/aromatic N) is 1. The molecule has 0 aliphatic carbocycles. The Kier molecular flexibility index (Phi) is 4.51. The van der Waals surface area contributed by atoms with Crippen LogP contribution in [0.2, 0.25) is 0 Å². The standard InChI is InChI=1S/C12H23N3O2/c1-9(16)14-10-6-5-7-15(8-10)11(17)12(2,3)13-4/h10,13H,5-8H2,1-4H3,(H,14,16). The summed E-state index contributed by atoms with van der Waals surface area (Å²) in [6, 6.07) is 0.0952. The molecule has 0 bridgehead atoms. The predicted molar refractivity (Wildman–Crippen MR) is 66.6 cm³/mol. The number of amides is 2. The topological polar surface area (TPSA) is 61.4 Å². The molecule has 17 heavy (non-hydrogen) atoms. The maximum atomic E-state index is 12.2. The second kappa shape index (κ2) is 5.49. The molecule has 0 aromatic carbocycles. The van der Waals surface area contributed by atoms with Crippen molar-refractivity contribution in [2.45, 2.75) is 45.2 Å². The third-order valence-corrected chi connectivity index (χ3v) is 3.28. The number of hydrogen-bond donors (Lipinski definition) is 2. The summed E-state index contributed by atoms with van der Waals surface area (Å²) in [7, 11) is 1.78. The average molecular weight is 241 g/mol. The Morgan fingerprint density at radius 3 is 2.53 bits per heavy atom. The quantitative estimate of drug-likeness (QED) is 0.737. The van der Waals surface area contributed by atoms with E-state index in [1.807, 2.05) is 18.7 Å². The van der Waals surface area contributed by atoms with Crippen LogP contribution >= 0.6 is 0 Å². The molecule has 1 unspecified atom stereocenters. The summed E-state index contributed by atoms with van der Waals surface area (Å²) in [5.74, 6) is 0.0622. The molecule has 0 spiro atoms. The molecule has 1 aliphatic rings. The van der Waals surface area contributed by atoms with Crippen molar-refractivity contribution in [2.24, 2.45) is 0 Å². The van der Waals surface area contributed by atoms with E-state index in [9.17, 15) is 9.59 Å². The van der Waals surface area contributed by atoms with Crippen molar-refractivity contribution in [3.63, 3.8) is 0 Å². The van der Waals surface area contributed by atoms with Crippen LogP contribution in [0, 0.1) is 0 Å². The molecule has 0 radical (unpaired) electrons. The lowest BCUT2D eigenvalue weighted by molar-refractivity contribution is -0.138. The normalized spacial score (nSPS) is 21.2. The van der Waals surface area contributed by atoms with Crippen molar-refractivity contribution in [3.05, 3.63) is 0 Å². The minimum atomic E-state index is -0.544. The van der Waals surface area contributed by atoms with Crippen molar-refractivity contribution in [1.29, 1.82) is 0 Å². The van der Waals surface area contributed by atoms with Gasteiger partial charge in [-0.1, -0.05) is 0 Å². The van der Waals surface area contributed by atoms with E-state index >= 15 is 0 Å². The SMILES string of the molecule is CNC(C)(C)C(=O)N1CCCC(NC(C)=O)C1. The van der Waals surface area contributed by atoms with E-state index in [1.165, 1.54) is 6.92 Å². The van der Waals surface area contributed by atoms with Crippen LogP contribution < -0.4 is 10.6 Å². The second-order valence-corrected chi connectivity index (χ2v) is 5.17. The number of nitrogens with one attached hydrogen (secondary N) is 2. The van der Waals surface area contributed by atoms with Gasteiger partial charge in [0.25, 0.3) is 0 Å². The van der Waals surface area contributed by atoms with Crippen LogP contribution in [0.15, 0.2) is 0 Å². The predicted octanol–water partition coefficient (Wildman–Crippen LogP) is 0.112. The highest BCUT2D eigenvalue weighted by Crippen LogP contribution is 2.15. The van der Waals surface area contributed by atoms with E-state index < -0.39 is 5.54 Å². The molecule has 5 heteroatoms. The molecular formula is C12H23N3O2. The molecule has 1 fully saturated rings. The highest BCUT2D eigenvalue weighted by Gasteiger charge is 2.33. The zero-order valence-electron chi connectivity index (χ0n) is 11.2. The van der Waals surface area contributed by atoms with Gasteiger partial charge < -0.3 is 15.5 Å². The molecule has 1 aliphatic heterocycles. The minimum Gasteiger partial charge on any atom is -0.352 e. The third-order valence-electron chi connectivity index (χ3n) is 3.28. The maximum Gasteiger partial charge on any atom is 0.242 e. The van der Waals surface area contributed by atoms with Gasteiger partial charge in [-0.3, -0.25) is 9.59 Å². The zero-order chi connectivity index (χ0) is 13.1. The van der Waals surface area contributed by atoms with Gasteiger partial charge in [-0.25, -0.2) is 0 Å². The van der Waals surface area contributed by atoms with Crippen LogP contribution in [0.4, 0.5) is 0 Å². The molecule has 1 saturated heterocycles. The molecule has 2 N–H and O–H groups in total. The van der Waals surface area contributed by atoms with Gasteiger partial charge in [0.1, 0.15) is 0 Å². The Labute approximate surface area is 103 Å². The van der Waals surface area contributed by atoms with Crippen molar-refractivity contribution < 1.29 is 9.59 Å². The molecule has 1 atom stereocenters. The third kappa shape index (κ3) is 3.70. The van der Waals surface area contributed by atoms with Gasteiger partial charge in [-0.05, 0) is 33.7 Å². The monoisotopic (exact) mass is 241 g/mol. The molecule has 5 nitrogen and oxygen atoms in total. The highest BCUT2D eigenvalue weighted by molar-refractivity contribution is 5.85. The number of rotatable bonds is 3. The number of carbonyl (C=O) groups is 2. The fourth-order valence-electron chi connectivity index (χ4n) is 2.07. The van der Waals surface area contributed by atoms with Gasteiger partial charge in [0, 0.05) is 26.1 Å². The van der Waals surface area contributed by atoms with E-state index in [0.717, 1.165) is 19.4 Å². The minimum absolute atomic E-state index is 0.0304. The van der Waals surface area contributed by atoms with Crippen molar-refractivity contribution >= 4 is 11.8 Å². The molecule has 1 heterocycles. The highest BCUT2D eigenvalue weighted by atomic mass is 16.2. The Balaban J connectivity index is 2.60. The summed E-state index contributed by atoms with van der Waals surface area (Å²) >= 11 is 0. The van der Waals surface area contributed by atoms with Crippen molar-refractivity contribution in [3.8, 4) is 0 Å². The van der Waals surface area contributed by atoms with Crippen molar-refractivity contribution in [2.75, 3.05) is 20.1 Å². The lowest BCUT2D eigenvalue weighted by Gasteiger charge is -2.37. The lowest BCUT2D eigenvalue weighted by Crippen LogP contribution is -2.57. The second-order valence-electron chi connectivity index (χ2n) is 5.17. The molecule has 0 saturated carbocycles. The first-order chi connectivity index (χ1) is 7.86.